The fraction of sp³-hybridized carbons (Fsp3) is 0.294. The van der Waals surface area contributed by atoms with E-state index in [1.807, 2.05) is 25.3 Å². The molecule has 1 aromatic carbocycles. The van der Waals surface area contributed by atoms with Gasteiger partial charge in [0.1, 0.15) is 11.1 Å². The fourth-order valence-electron chi connectivity index (χ4n) is 2.24. The lowest BCUT2D eigenvalue weighted by Crippen LogP contribution is -1.99. The number of hydrogen-bond acceptors (Lipinski definition) is 7. The highest BCUT2D eigenvalue weighted by molar-refractivity contribution is 7.09. The summed E-state index contributed by atoms with van der Waals surface area (Å²) < 4.78 is 10.8. The van der Waals surface area contributed by atoms with E-state index in [1.54, 1.807) is 29.5 Å². The highest BCUT2D eigenvalue weighted by Gasteiger charge is 2.14. The van der Waals surface area contributed by atoms with Crippen molar-refractivity contribution in [1.29, 1.82) is 5.26 Å². The summed E-state index contributed by atoms with van der Waals surface area (Å²) in [5, 5.41) is 15.9. The Morgan fingerprint density at radius 3 is 3.04 bits per heavy atom. The van der Waals surface area contributed by atoms with Gasteiger partial charge in [0.15, 0.2) is 5.82 Å². The van der Waals surface area contributed by atoms with Crippen LogP contribution < -0.4 is 0 Å². The molecule has 0 aliphatic heterocycles. The Balaban J connectivity index is 1.73. The van der Waals surface area contributed by atoms with Crippen molar-refractivity contribution in [3.8, 4) is 17.5 Å². The third-order valence-corrected chi connectivity index (χ3v) is 4.43. The zero-order valence-electron chi connectivity index (χ0n) is 13.4. The van der Waals surface area contributed by atoms with Crippen LogP contribution in [0.15, 0.2) is 34.2 Å². The molecule has 0 fully saturated rings. The van der Waals surface area contributed by atoms with Gasteiger partial charge in [0.25, 0.3) is 5.89 Å². The summed E-state index contributed by atoms with van der Waals surface area (Å²) in [4.78, 5) is 8.95. The maximum Gasteiger partial charge on any atom is 0.257 e. The first kappa shape index (κ1) is 16.3. The van der Waals surface area contributed by atoms with E-state index < -0.39 is 0 Å². The molecule has 0 aliphatic rings. The minimum Gasteiger partial charge on any atom is -0.372 e. The number of benzene rings is 1. The molecule has 3 aromatic rings. The largest absolute Gasteiger partial charge is 0.372 e. The third-order valence-electron chi connectivity index (χ3n) is 3.38. The molecule has 0 aliphatic carbocycles. The van der Waals surface area contributed by atoms with Crippen molar-refractivity contribution >= 4 is 11.3 Å². The van der Waals surface area contributed by atoms with E-state index >= 15 is 0 Å². The van der Waals surface area contributed by atoms with Gasteiger partial charge in [-0.25, -0.2) is 4.98 Å². The van der Waals surface area contributed by atoms with Crippen LogP contribution in [-0.2, 0) is 11.2 Å². The number of ether oxygens (including phenoxy) is 1. The van der Waals surface area contributed by atoms with Crippen LogP contribution in [0.3, 0.4) is 0 Å². The molecule has 24 heavy (non-hydrogen) atoms. The monoisotopic (exact) mass is 340 g/mol. The molecule has 2 aromatic heterocycles. The van der Waals surface area contributed by atoms with Crippen molar-refractivity contribution in [3.63, 3.8) is 0 Å². The maximum atomic E-state index is 8.96. The zero-order valence-corrected chi connectivity index (χ0v) is 14.2. The second-order valence-electron chi connectivity index (χ2n) is 5.16. The zero-order chi connectivity index (χ0) is 16.9. The Kier molecular flexibility index (Phi) is 4.99. The molecule has 0 spiro atoms. The standard InChI is InChI=1S/C17H16N4O2S/c1-3-22-11(2)17-19-14(10-24-17)8-15-20-16(23-21-15)13-6-4-5-12(7-13)9-18/h4-7,10-11H,3,8H2,1-2H3/t11-/m1/s1. The molecule has 1 atom stereocenters. The van der Waals surface area contributed by atoms with Gasteiger partial charge in [-0.2, -0.15) is 10.2 Å². The number of thiazole rings is 1. The summed E-state index contributed by atoms with van der Waals surface area (Å²) in [6, 6.07) is 9.18. The van der Waals surface area contributed by atoms with E-state index in [-0.39, 0.29) is 6.10 Å². The van der Waals surface area contributed by atoms with Gasteiger partial charge in [-0.3, -0.25) is 0 Å². The highest BCUT2D eigenvalue weighted by Crippen LogP contribution is 2.23. The summed E-state index contributed by atoms with van der Waals surface area (Å²) >= 11 is 1.57. The number of aromatic nitrogens is 3. The maximum absolute atomic E-state index is 8.96. The van der Waals surface area contributed by atoms with Crippen molar-refractivity contribution in [2.24, 2.45) is 0 Å². The molecular weight excluding hydrogens is 324 g/mol. The molecule has 6 nitrogen and oxygen atoms in total. The summed E-state index contributed by atoms with van der Waals surface area (Å²) in [5.41, 5.74) is 2.18. The van der Waals surface area contributed by atoms with E-state index in [9.17, 15) is 0 Å². The highest BCUT2D eigenvalue weighted by atomic mass is 32.1. The lowest BCUT2D eigenvalue weighted by molar-refractivity contribution is 0.0761. The molecule has 0 unspecified atom stereocenters. The van der Waals surface area contributed by atoms with Crippen molar-refractivity contribution in [2.75, 3.05) is 6.61 Å². The Hall–Kier alpha value is -2.56. The average molecular weight is 340 g/mol. The van der Waals surface area contributed by atoms with E-state index in [4.69, 9.17) is 14.5 Å². The third kappa shape index (κ3) is 3.67. The normalized spacial score (nSPS) is 12.0. The van der Waals surface area contributed by atoms with E-state index in [0.717, 1.165) is 16.3 Å². The smallest absolute Gasteiger partial charge is 0.257 e. The van der Waals surface area contributed by atoms with E-state index in [1.165, 1.54) is 0 Å². The Bertz CT molecular complexity index is 865. The molecule has 122 valence electrons. The van der Waals surface area contributed by atoms with Gasteiger partial charge < -0.3 is 9.26 Å². The minimum atomic E-state index is -0.0108. The molecule has 0 N–H and O–H groups in total. The fourth-order valence-corrected chi connectivity index (χ4v) is 3.06. The van der Waals surface area contributed by atoms with Crippen molar-refractivity contribution in [1.82, 2.24) is 15.1 Å². The second-order valence-corrected chi connectivity index (χ2v) is 6.05. The van der Waals surface area contributed by atoms with Crippen LogP contribution in [-0.4, -0.2) is 21.7 Å². The van der Waals surface area contributed by atoms with Crippen molar-refractivity contribution in [2.45, 2.75) is 26.4 Å². The topological polar surface area (TPSA) is 84.8 Å². The summed E-state index contributed by atoms with van der Waals surface area (Å²) in [7, 11) is 0. The molecule has 0 saturated carbocycles. The van der Waals surface area contributed by atoms with Crippen LogP contribution in [0, 0.1) is 11.3 Å². The molecule has 7 heteroatoms. The minimum absolute atomic E-state index is 0.0108. The van der Waals surface area contributed by atoms with Gasteiger partial charge in [0.05, 0.1) is 23.7 Å². The van der Waals surface area contributed by atoms with Crippen LogP contribution in [0.25, 0.3) is 11.5 Å². The van der Waals surface area contributed by atoms with Crippen LogP contribution in [0.2, 0.25) is 0 Å². The van der Waals surface area contributed by atoms with Gasteiger partial charge in [0.2, 0.25) is 0 Å². The first-order valence-electron chi connectivity index (χ1n) is 7.58. The number of rotatable bonds is 6. The van der Waals surface area contributed by atoms with Crippen LogP contribution >= 0.6 is 11.3 Å². The first-order valence-corrected chi connectivity index (χ1v) is 8.46. The molecule has 0 bridgehead atoms. The van der Waals surface area contributed by atoms with E-state index in [0.29, 0.717) is 30.3 Å². The Labute approximate surface area is 143 Å². The SMILES string of the molecule is CCO[C@H](C)c1nc(Cc2noc(-c3cccc(C#N)c3)n2)cs1. The van der Waals surface area contributed by atoms with Gasteiger partial charge >= 0.3 is 0 Å². The first-order chi connectivity index (χ1) is 11.7. The van der Waals surface area contributed by atoms with Crippen LogP contribution in [0.1, 0.15) is 42.0 Å². The number of hydrogen-bond donors (Lipinski definition) is 0. The molecular formula is C17H16N4O2S. The molecule has 0 radical (unpaired) electrons. The second kappa shape index (κ2) is 7.34. The van der Waals surface area contributed by atoms with Crippen molar-refractivity contribution in [3.05, 3.63) is 51.7 Å². The van der Waals surface area contributed by atoms with Crippen molar-refractivity contribution < 1.29 is 9.26 Å². The van der Waals surface area contributed by atoms with Gasteiger partial charge in [-0.15, -0.1) is 11.3 Å². The summed E-state index contributed by atoms with van der Waals surface area (Å²) in [5.74, 6) is 0.966. The predicted octanol–water partition coefficient (Wildman–Crippen LogP) is 3.75. The average Bonchev–Trinajstić information content (AvgIpc) is 3.25. The lowest BCUT2D eigenvalue weighted by atomic mass is 10.1. The van der Waals surface area contributed by atoms with E-state index in [2.05, 4.69) is 21.2 Å². The molecule has 0 amide bonds. The Morgan fingerprint density at radius 1 is 1.38 bits per heavy atom. The lowest BCUT2D eigenvalue weighted by Gasteiger charge is -2.06. The molecule has 0 saturated heterocycles. The van der Waals surface area contributed by atoms with Crippen LogP contribution in [0.5, 0.6) is 0 Å². The number of nitrogens with zero attached hydrogens (tertiary/aromatic N) is 4. The molecule has 2 heterocycles. The predicted molar refractivity (Wildman–Crippen MR) is 89.4 cm³/mol. The summed E-state index contributed by atoms with van der Waals surface area (Å²) in [6.45, 7) is 4.61. The quantitative estimate of drug-likeness (QED) is 0.679. The van der Waals surface area contributed by atoms with Gasteiger partial charge in [-0.05, 0) is 32.0 Å². The van der Waals surface area contributed by atoms with Gasteiger partial charge in [0, 0.05) is 17.6 Å². The van der Waals surface area contributed by atoms with Gasteiger partial charge in [-0.1, -0.05) is 11.2 Å². The Morgan fingerprint density at radius 2 is 2.25 bits per heavy atom. The number of nitriles is 1. The molecule has 3 rings (SSSR count). The van der Waals surface area contributed by atoms with Crippen LogP contribution in [0.4, 0.5) is 0 Å². The summed E-state index contributed by atoms with van der Waals surface area (Å²) in [6.07, 6.45) is 0.486.